The number of methoxy groups -OCH3 is 3. The zero-order chi connectivity index (χ0) is 27.9. The van der Waals surface area contributed by atoms with E-state index in [0.29, 0.717) is 48.0 Å². The molecule has 4 rings (SSSR count). The molecule has 0 saturated carbocycles. The number of Topliss-reactive ketones (excluding diaryl/α,β-unsaturated/α-hetero) is 1. The van der Waals surface area contributed by atoms with Gasteiger partial charge in [0.05, 0.1) is 25.8 Å². The zero-order valence-corrected chi connectivity index (χ0v) is 22.6. The Hall–Kier alpha value is -4.30. The molecule has 0 radical (unpaired) electrons. The van der Waals surface area contributed by atoms with Gasteiger partial charge >= 0.3 is 0 Å². The molecule has 1 heterocycles. The minimum atomic E-state index is -0.874. The maximum Gasteiger partial charge on any atom is 0.295 e. The number of carbonyl (C=O) groups excluding carboxylic acids is 2. The van der Waals surface area contributed by atoms with Gasteiger partial charge in [0.2, 0.25) is 0 Å². The van der Waals surface area contributed by atoms with Gasteiger partial charge in [-0.15, -0.1) is 0 Å². The molecule has 0 bridgehead atoms. The van der Waals surface area contributed by atoms with Gasteiger partial charge in [0.1, 0.15) is 18.1 Å². The molecule has 204 valence electrons. The molecule has 1 atom stereocenters. The van der Waals surface area contributed by atoms with E-state index in [1.807, 2.05) is 37.3 Å². The number of carbonyl (C=O) groups is 2. The van der Waals surface area contributed by atoms with Gasteiger partial charge in [-0.3, -0.25) is 9.59 Å². The quantitative estimate of drug-likeness (QED) is 0.160. The fraction of sp³-hybridized carbons (Fsp3) is 0.290. The number of ketones is 1. The Kier molecular flexibility index (Phi) is 8.88. The van der Waals surface area contributed by atoms with Crippen LogP contribution in [-0.4, -0.2) is 56.2 Å². The summed E-state index contributed by atoms with van der Waals surface area (Å²) in [6.07, 6.45) is 0.513. The van der Waals surface area contributed by atoms with E-state index in [2.05, 4.69) is 0 Å². The van der Waals surface area contributed by atoms with Crippen LogP contribution >= 0.6 is 0 Å². The van der Waals surface area contributed by atoms with Gasteiger partial charge in [0.25, 0.3) is 11.7 Å². The van der Waals surface area contributed by atoms with Crippen LogP contribution in [-0.2, 0) is 20.9 Å². The predicted octanol–water partition coefficient (Wildman–Crippen LogP) is 5.05. The van der Waals surface area contributed by atoms with Gasteiger partial charge < -0.3 is 29.0 Å². The third-order valence-electron chi connectivity index (χ3n) is 6.70. The largest absolute Gasteiger partial charge is 0.507 e. The van der Waals surface area contributed by atoms with Crippen molar-refractivity contribution in [2.75, 3.05) is 34.5 Å². The molecule has 3 aromatic rings. The van der Waals surface area contributed by atoms with Crippen molar-refractivity contribution in [2.45, 2.75) is 26.0 Å². The lowest BCUT2D eigenvalue weighted by Crippen LogP contribution is -2.31. The molecule has 1 fully saturated rings. The maximum absolute atomic E-state index is 13.4. The summed E-state index contributed by atoms with van der Waals surface area (Å²) >= 11 is 0. The Balaban J connectivity index is 1.76. The van der Waals surface area contributed by atoms with E-state index < -0.39 is 17.7 Å². The van der Waals surface area contributed by atoms with Gasteiger partial charge in [-0.05, 0) is 48.7 Å². The van der Waals surface area contributed by atoms with E-state index in [9.17, 15) is 14.7 Å². The van der Waals surface area contributed by atoms with Crippen molar-refractivity contribution in [3.05, 3.63) is 94.6 Å². The van der Waals surface area contributed by atoms with Crippen molar-refractivity contribution in [3.63, 3.8) is 0 Å². The number of para-hydroxylation sites is 1. The molecule has 39 heavy (non-hydrogen) atoms. The molecule has 0 spiro atoms. The second-order valence-electron chi connectivity index (χ2n) is 9.18. The van der Waals surface area contributed by atoms with Gasteiger partial charge in [-0.25, -0.2) is 0 Å². The zero-order valence-electron chi connectivity index (χ0n) is 22.6. The van der Waals surface area contributed by atoms with E-state index in [1.54, 1.807) is 43.5 Å². The average molecular weight is 532 g/mol. The number of ether oxygens (including phenoxy) is 4. The Morgan fingerprint density at radius 3 is 2.36 bits per heavy atom. The van der Waals surface area contributed by atoms with Crippen molar-refractivity contribution in [1.29, 1.82) is 0 Å². The van der Waals surface area contributed by atoms with E-state index in [-0.39, 0.29) is 17.9 Å². The number of aryl methyl sites for hydroxylation is 1. The second kappa shape index (κ2) is 12.5. The van der Waals surface area contributed by atoms with Gasteiger partial charge in [-0.2, -0.15) is 0 Å². The number of rotatable bonds is 11. The SMILES string of the molecule is COCCCN1C(=O)C(=O)/C(=C(/O)c2ccc(OCc3ccccc3)c(C)c2)C1c1cccc(OC)c1OC. The van der Waals surface area contributed by atoms with Crippen molar-refractivity contribution in [3.8, 4) is 17.2 Å². The lowest BCUT2D eigenvalue weighted by molar-refractivity contribution is -0.140. The normalized spacial score (nSPS) is 16.4. The Morgan fingerprint density at radius 2 is 1.69 bits per heavy atom. The van der Waals surface area contributed by atoms with Gasteiger partial charge in [0, 0.05) is 31.4 Å². The Labute approximate surface area is 228 Å². The van der Waals surface area contributed by atoms with Crippen LogP contribution in [0, 0.1) is 6.92 Å². The van der Waals surface area contributed by atoms with Crippen LogP contribution in [0.2, 0.25) is 0 Å². The van der Waals surface area contributed by atoms with Crippen LogP contribution in [0.3, 0.4) is 0 Å². The van der Waals surface area contributed by atoms with Crippen molar-refractivity contribution in [1.82, 2.24) is 4.90 Å². The van der Waals surface area contributed by atoms with Gasteiger partial charge in [0.15, 0.2) is 11.5 Å². The summed E-state index contributed by atoms with van der Waals surface area (Å²) in [5, 5.41) is 11.5. The van der Waals surface area contributed by atoms with E-state index in [1.165, 1.54) is 19.1 Å². The van der Waals surface area contributed by atoms with Crippen LogP contribution in [0.4, 0.5) is 0 Å². The Bertz CT molecular complexity index is 1370. The first-order valence-electron chi connectivity index (χ1n) is 12.7. The number of nitrogens with zero attached hydrogens (tertiary/aromatic N) is 1. The monoisotopic (exact) mass is 531 g/mol. The molecule has 0 aromatic heterocycles. The molecule has 1 saturated heterocycles. The highest BCUT2D eigenvalue weighted by molar-refractivity contribution is 6.46. The molecule has 0 aliphatic carbocycles. The van der Waals surface area contributed by atoms with Crippen molar-refractivity contribution in [2.24, 2.45) is 0 Å². The number of aliphatic hydroxyl groups is 1. The molecule has 1 unspecified atom stereocenters. The highest BCUT2D eigenvalue weighted by Gasteiger charge is 2.47. The third kappa shape index (κ3) is 5.76. The topological polar surface area (TPSA) is 94.5 Å². The Morgan fingerprint density at radius 1 is 0.923 bits per heavy atom. The first-order chi connectivity index (χ1) is 18.9. The minimum absolute atomic E-state index is 0.0127. The molecule has 3 aromatic carbocycles. The number of hydrogen-bond donors (Lipinski definition) is 1. The van der Waals surface area contributed by atoms with E-state index >= 15 is 0 Å². The summed E-state index contributed by atoms with van der Waals surface area (Å²) < 4.78 is 22.2. The number of benzene rings is 3. The van der Waals surface area contributed by atoms with E-state index in [4.69, 9.17) is 18.9 Å². The highest BCUT2D eigenvalue weighted by atomic mass is 16.5. The van der Waals surface area contributed by atoms with Crippen LogP contribution in [0.1, 0.15) is 34.7 Å². The molecule has 8 nitrogen and oxygen atoms in total. The summed E-state index contributed by atoms with van der Waals surface area (Å²) in [6.45, 7) is 2.93. The second-order valence-corrected chi connectivity index (χ2v) is 9.18. The number of hydrogen-bond acceptors (Lipinski definition) is 7. The number of likely N-dealkylation sites (tertiary alicyclic amines) is 1. The molecular weight excluding hydrogens is 498 g/mol. The van der Waals surface area contributed by atoms with Crippen LogP contribution < -0.4 is 14.2 Å². The van der Waals surface area contributed by atoms with E-state index in [0.717, 1.165) is 11.1 Å². The van der Waals surface area contributed by atoms with Gasteiger partial charge in [-0.1, -0.05) is 42.5 Å². The first kappa shape index (κ1) is 27.7. The van der Waals surface area contributed by atoms with Crippen LogP contribution in [0.25, 0.3) is 5.76 Å². The third-order valence-corrected chi connectivity index (χ3v) is 6.70. The van der Waals surface area contributed by atoms with Crippen LogP contribution in [0.5, 0.6) is 17.2 Å². The first-order valence-corrected chi connectivity index (χ1v) is 12.7. The molecule has 1 aliphatic heterocycles. The average Bonchev–Trinajstić information content (AvgIpc) is 3.21. The van der Waals surface area contributed by atoms with Crippen LogP contribution in [0.15, 0.2) is 72.3 Å². The molecule has 8 heteroatoms. The lowest BCUT2D eigenvalue weighted by atomic mass is 9.94. The molecule has 1 aliphatic rings. The molecular formula is C31H33NO7. The summed E-state index contributed by atoms with van der Waals surface area (Å²) in [5.41, 5.74) is 2.74. The predicted molar refractivity (Wildman–Crippen MR) is 147 cm³/mol. The fourth-order valence-electron chi connectivity index (χ4n) is 4.79. The number of aliphatic hydroxyl groups excluding tert-OH is 1. The summed E-state index contributed by atoms with van der Waals surface area (Å²) in [4.78, 5) is 28.1. The summed E-state index contributed by atoms with van der Waals surface area (Å²) in [7, 11) is 4.59. The van der Waals surface area contributed by atoms with Crippen molar-refractivity contribution >= 4 is 17.4 Å². The number of amides is 1. The lowest BCUT2D eigenvalue weighted by Gasteiger charge is -2.27. The maximum atomic E-state index is 13.4. The highest BCUT2D eigenvalue weighted by Crippen LogP contribution is 2.45. The summed E-state index contributed by atoms with van der Waals surface area (Å²) in [5.74, 6) is -0.232. The fourth-order valence-corrected chi connectivity index (χ4v) is 4.79. The standard InChI is InChI=1S/C31H33NO7/c1-20-18-22(14-15-24(20)39-19-21-10-6-5-7-11-21)28(33)26-27(23-12-8-13-25(37-3)30(23)38-4)32(16-9-17-36-2)31(35)29(26)34/h5-8,10-15,18,27,33H,9,16-17,19H2,1-4H3/b28-26+. The summed E-state index contributed by atoms with van der Waals surface area (Å²) in [6, 6.07) is 19.4. The smallest absolute Gasteiger partial charge is 0.295 e. The minimum Gasteiger partial charge on any atom is -0.507 e. The molecule has 1 amide bonds. The molecule has 1 N–H and O–H groups in total. The van der Waals surface area contributed by atoms with Crippen molar-refractivity contribution < 1.29 is 33.6 Å².